The van der Waals surface area contributed by atoms with Crippen LogP contribution >= 0.6 is 0 Å². The Labute approximate surface area is 67.8 Å². The van der Waals surface area contributed by atoms with Gasteiger partial charge in [-0.3, -0.25) is 4.79 Å². The molecular weight excluding hydrogens is 136 g/mol. The molecule has 1 nitrogen and oxygen atoms in total. The van der Waals surface area contributed by atoms with Gasteiger partial charge < -0.3 is 0 Å². The molecule has 0 aromatic carbocycles. The lowest BCUT2D eigenvalue weighted by Crippen LogP contribution is -2.08. The number of Topliss-reactive ketones (excluding diaryl/α,β-unsaturated/α-hetero) is 1. The number of hydrogen-bond acceptors (Lipinski definition) is 1. The predicted molar refractivity (Wildman–Crippen MR) is 46.4 cm³/mol. The molecule has 11 heavy (non-hydrogen) atoms. The van der Waals surface area contributed by atoms with E-state index in [0.717, 1.165) is 24.8 Å². The molecule has 0 saturated carbocycles. The third-order valence-electron chi connectivity index (χ3n) is 2.05. The summed E-state index contributed by atoms with van der Waals surface area (Å²) in [7, 11) is 0. The molecule has 0 aromatic rings. The highest BCUT2D eigenvalue weighted by Crippen LogP contribution is 2.21. The summed E-state index contributed by atoms with van der Waals surface area (Å²) in [6.45, 7) is 3.99. The molecule has 0 N–H and O–H groups in total. The quantitative estimate of drug-likeness (QED) is 0.561. The van der Waals surface area contributed by atoms with Crippen molar-refractivity contribution in [2.24, 2.45) is 0 Å². The van der Waals surface area contributed by atoms with E-state index in [1.807, 2.05) is 26.0 Å². The molecule has 0 atom stereocenters. The van der Waals surface area contributed by atoms with Crippen LogP contribution in [0, 0.1) is 0 Å². The smallest absolute Gasteiger partial charge is 0.162 e. The van der Waals surface area contributed by atoms with Crippen LogP contribution in [0.15, 0.2) is 23.3 Å². The lowest BCUT2D eigenvalue weighted by Gasteiger charge is -2.12. The van der Waals surface area contributed by atoms with Crippen molar-refractivity contribution < 1.29 is 4.79 Å². The van der Waals surface area contributed by atoms with Crippen molar-refractivity contribution in [2.75, 3.05) is 0 Å². The van der Waals surface area contributed by atoms with E-state index in [1.54, 1.807) is 0 Å². The topological polar surface area (TPSA) is 17.1 Å². The molecule has 0 bridgehead atoms. The number of allylic oxidation sites excluding steroid dienone is 4. The van der Waals surface area contributed by atoms with Crippen LogP contribution in [-0.2, 0) is 4.79 Å². The van der Waals surface area contributed by atoms with E-state index < -0.39 is 0 Å². The number of carbonyl (C=O) groups is 1. The highest BCUT2D eigenvalue weighted by atomic mass is 16.1. The summed E-state index contributed by atoms with van der Waals surface area (Å²) < 4.78 is 0. The van der Waals surface area contributed by atoms with E-state index >= 15 is 0 Å². The summed E-state index contributed by atoms with van der Waals surface area (Å²) >= 11 is 0. The van der Waals surface area contributed by atoms with Crippen LogP contribution in [0.1, 0.15) is 33.1 Å². The molecule has 0 amide bonds. The average molecular weight is 150 g/mol. The summed E-state index contributed by atoms with van der Waals surface area (Å²) in [5.74, 6) is 0.312. The Hall–Kier alpha value is -0.850. The van der Waals surface area contributed by atoms with Gasteiger partial charge in [-0.2, -0.15) is 0 Å². The second-order valence-electron chi connectivity index (χ2n) is 2.97. The van der Waals surface area contributed by atoms with E-state index in [4.69, 9.17) is 0 Å². The van der Waals surface area contributed by atoms with Crippen LogP contribution in [0.2, 0.25) is 0 Å². The molecule has 0 radical (unpaired) electrons. The summed E-state index contributed by atoms with van der Waals surface area (Å²) in [5.41, 5.74) is 2.19. The van der Waals surface area contributed by atoms with Gasteiger partial charge in [-0.05, 0) is 26.7 Å². The molecule has 60 valence electrons. The maximum Gasteiger partial charge on any atom is 0.162 e. The lowest BCUT2D eigenvalue weighted by atomic mass is 9.91. The highest BCUT2D eigenvalue weighted by Gasteiger charge is 2.14. The minimum Gasteiger partial charge on any atom is -0.294 e. The Kier molecular flexibility index (Phi) is 2.64. The minimum atomic E-state index is 0.312. The molecule has 0 aromatic heterocycles. The third kappa shape index (κ3) is 1.79. The van der Waals surface area contributed by atoms with Gasteiger partial charge in [-0.15, -0.1) is 0 Å². The first-order valence-electron chi connectivity index (χ1n) is 4.11. The normalized spacial score (nSPS) is 20.0. The van der Waals surface area contributed by atoms with Gasteiger partial charge in [0.05, 0.1) is 0 Å². The van der Waals surface area contributed by atoms with Gasteiger partial charge in [0.1, 0.15) is 0 Å². The van der Waals surface area contributed by atoms with Gasteiger partial charge in [-0.1, -0.05) is 17.7 Å². The van der Waals surface area contributed by atoms with Gasteiger partial charge in [0.15, 0.2) is 5.78 Å². The molecule has 1 heteroatoms. The van der Waals surface area contributed by atoms with Crippen molar-refractivity contribution in [3.05, 3.63) is 23.3 Å². The summed E-state index contributed by atoms with van der Waals surface area (Å²) in [6, 6.07) is 0. The van der Waals surface area contributed by atoms with Crippen LogP contribution in [0.4, 0.5) is 0 Å². The zero-order valence-electron chi connectivity index (χ0n) is 7.18. The number of rotatable bonds is 1. The van der Waals surface area contributed by atoms with Gasteiger partial charge in [-0.25, -0.2) is 0 Å². The van der Waals surface area contributed by atoms with Gasteiger partial charge in [0.25, 0.3) is 0 Å². The summed E-state index contributed by atoms with van der Waals surface area (Å²) in [5, 5.41) is 0. The van der Waals surface area contributed by atoms with Gasteiger partial charge >= 0.3 is 0 Å². The third-order valence-corrected chi connectivity index (χ3v) is 2.05. The number of carbonyl (C=O) groups excluding carboxylic acids is 1. The molecule has 0 heterocycles. The van der Waals surface area contributed by atoms with Crippen LogP contribution in [0.25, 0.3) is 0 Å². The van der Waals surface area contributed by atoms with Crippen LogP contribution in [-0.4, -0.2) is 5.78 Å². The zero-order chi connectivity index (χ0) is 8.27. The second kappa shape index (κ2) is 3.51. The van der Waals surface area contributed by atoms with E-state index in [9.17, 15) is 4.79 Å². The van der Waals surface area contributed by atoms with E-state index in [2.05, 4.69) is 0 Å². The Morgan fingerprint density at radius 3 is 2.64 bits per heavy atom. The first-order chi connectivity index (χ1) is 5.25. The molecule has 1 rings (SSSR count). The highest BCUT2D eigenvalue weighted by molar-refractivity contribution is 5.99. The van der Waals surface area contributed by atoms with Gasteiger partial charge in [0, 0.05) is 12.0 Å². The van der Waals surface area contributed by atoms with E-state index in [1.165, 1.54) is 5.57 Å². The molecule has 0 saturated heterocycles. The fraction of sp³-hybridized carbons (Fsp3) is 0.500. The van der Waals surface area contributed by atoms with Crippen molar-refractivity contribution in [1.82, 2.24) is 0 Å². The average Bonchev–Trinajstić information content (AvgIpc) is 1.97. The van der Waals surface area contributed by atoms with Crippen LogP contribution in [0.3, 0.4) is 0 Å². The Morgan fingerprint density at radius 2 is 2.09 bits per heavy atom. The largest absolute Gasteiger partial charge is 0.294 e. The molecule has 0 spiro atoms. The zero-order valence-corrected chi connectivity index (χ0v) is 7.18. The fourth-order valence-electron chi connectivity index (χ4n) is 1.42. The van der Waals surface area contributed by atoms with Crippen LogP contribution in [0.5, 0.6) is 0 Å². The van der Waals surface area contributed by atoms with E-state index in [-0.39, 0.29) is 0 Å². The molecule has 0 unspecified atom stereocenters. The predicted octanol–water partition coefficient (Wildman–Crippen LogP) is 2.63. The lowest BCUT2D eigenvalue weighted by molar-refractivity contribution is -0.115. The standard InChI is InChI=1S/C10H14O/c1-3-5-9-8(2)6-4-7-10(9)11/h3,5H,4,6-7H2,1-2H3/b5-3+. The molecule has 1 aliphatic rings. The SMILES string of the molecule is C/C=C/C1=C(C)CCCC1=O. The Bertz CT molecular complexity index is 221. The van der Waals surface area contributed by atoms with Crippen molar-refractivity contribution in [3.63, 3.8) is 0 Å². The number of ketones is 1. The molecule has 0 aliphatic heterocycles. The first-order valence-corrected chi connectivity index (χ1v) is 4.11. The van der Waals surface area contributed by atoms with Crippen LogP contribution < -0.4 is 0 Å². The monoisotopic (exact) mass is 150 g/mol. The Morgan fingerprint density at radius 1 is 1.36 bits per heavy atom. The maximum absolute atomic E-state index is 11.3. The number of hydrogen-bond donors (Lipinski definition) is 0. The van der Waals surface area contributed by atoms with Crippen molar-refractivity contribution >= 4 is 5.78 Å². The second-order valence-corrected chi connectivity index (χ2v) is 2.97. The van der Waals surface area contributed by atoms with Gasteiger partial charge in [0.2, 0.25) is 0 Å². The first kappa shape index (κ1) is 8.25. The molecule has 0 fully saturated rings. The Balaban J connectivity index is 2.91. The summed E-state index contributed by atoms with van der Waals surface area (Å²) in [4.78, 5) is 11.3. The maximum atomic E-state index is 11.3. The summed E-state index contributed by atoms with van der Waals surface area (Å²) in [6.07, 6.45) is 6.72. The van der Waals surface area contributed by atoms with E-state index in [0.29, 0.717) is 5.78 Å². The van der Waals surface area contributed by atoms with Crippen molar-refractivity contribution in [3.8, 4) is 0 Å². The minimum absolute atomic E-state index is 0.312. The van der Waals surface area contributed by atoms with Crippen molar-refractivity contribution in [1.29, 1.82) is 0 Å². The van der Waals surface area contributed by atoms with Crippen molar-refractivity contribution in [2.45, 2.75) is 33.1 Å². The fourth-order valence-corrected chi connectivity index (χ4v) is 1.42. The molecule has 1 aliphatic carbocycles. The molecular formula is C10H14O.